The molecule has 4 aliphatic rings. The zero-order valence-corrected chi connectivity index (χ0v) is 14.4. The van der Waals surface area contributed by atoms with Crippen LogP contribution in [0, 0.1) is 34.5 Å². The first-order chi connectivity index (χ1) is 10.9. The topological polar surface area (TPSA) is 60.4 Å². The van der Waals surface area contributed by atoms with Crippen molar-refractivity contribution < 1.29 is 15.0 Å². The molecule has 0 radical (unpaired) electrons. The van der Waals surface area contributed by atoms with Crippen LogP contribution in [0.25, 0.3) is 0 Å². The van der Waals surface area contributed by atoms with Crippen LogP contribution in [0.1, 0.15) is 65.2 Å². The second-order valence-electron chi connectivity index (χ2n) is 9.15. The van der Waals surface area contributed by atoms with Crippen LogP contribution in [0.3, 0.4) is 0 Å². The number of carboxylic acids is 1. The van der Waals surface area contributed by atoms with Gasteiger partial charge >= 0.3 is 0 Å². The number of aliphatic hydroxyl groups excluding tert-OH is 1. The molecule has 3 fully saturated rings. The van der Waals surface area contributed by atoms with Gasteiger partial charge in [-0.25, -0.2) is 0 Å². The van der Waals surface area contributed by atoms with Gasteiger partial charge < -0.3 is 15.0 Å². The SMILES string of the molecule is C[C@]12CC[C@H]3[C@H](CC=C4C[C@@H](O)CC[C@@]43C)[C@@H]1CC[C@@H]2C(=O)[O-]. The first kappa shape index (κ1) is 15.7. The van der Waals surface area contributed by atoms with Gasteiger partial charge in [0, 0.05) is 11.9 Å². The first-order valence-electron chi connectivity index (χ1n) is 9.44. The predicted molar refractivity (Wildman–Crippen MR) is 86.2 cm³/mol. The van der Waals surface area contributed by atoms with Gasteiger partial charge in [-0.3, -0.25) is 0 Å². The molecule has 4 rings (SSSR count). The number of hydrogen-bond acceptors (Lipinski definition) is 3. The number of carboxylic acid groups (broad SMARTS) is 1. The molecule has 0 aromatic rings. The fourth-order valence-corrected chi connectivity index (χ4v) is 7.03. The summed E-state index contributed by atoms with van der Waals surface area (Å²) in [5, 5.41) is 21.6. The molecule has 0 aliphatic heterocycles. The van der Waals surface area contributed by atoms with Crippen molar-refractivity contribution in [1.82, 2.24) is 0 Å². The molecular weight excluding hydrogens is 288 g/mol. The van der Waals surface area contributed by atoms with Crippen LogP contribution in [0.5, 0.6) is 0 Å². The highest BCUT2D eigenvalue weighted by atomic mass is 16.4. The molecule has 128 valence electrons. The lowest BCUT2D eigenvalue weighted by Crippen LogP contribution is -2.52. The van der Waals surface area contributed by atoms with Crippen molar-refractivity contribution in [2.45, 2.75) is 71.3 Å². The summed E-state index contributed by atoms with van der Waals surface area (Å²) in [6, 6.07) is 0. The molecule has 3 nitrogen and oxygen atoms in total. The Morgan fingerprint density at radius 2 is 1.96 bits per heavy atom. The van der Waals surface area contributed by atoms with E-state index in [4.69, 9.17) is 0 Å². The molecular formula is C20H29O3-. The Morgan fingerprint density at radius 1 is 1.17 bits per heavy atom. The third kappa shape index (κ3) is 2.08. The van der Waals surface area contributed by atoms with Crippen LogP contribution in [0.4, 0.5) is 0 Å². The molecule has 0 unspecified atom stereocenters. The summed E-state index contributed by atoms with van der Waals surface area (Å²) in [4.78, 5) is 11.6. The number of allylic oxidation sites excluding steroid dienone is 1. The standard InChI is InChI=1S/C20H30O3/c1-19-9-7-13(21)11-12(19)3-4-14-15-5-6-17(18(22)23)20(15,2)10-8-16(14)19/h3,13-17,21H,4-11H2,1-2H3,(H,22,23)/p-1/t13-,14+,15-,16-,17+,19-,20-/m0/s1. The van der Waals surface area contributed by atoms with E-state index in [9.17, 15) is 15.0 Å². The molecule has 23 heavy (non-hydrogen) atoms. The summed E-state index contributed by atoms with van der Waals surface area (Å²) in [5.41, 5.74) is 1.66. The van der Waals surface area contributed by atoms with E-state index < -0.39 is 5.97 Å². The van der Waals surface area contributed by atoms with Gasteiger partial charge in [0.05, 0.1) is 6.10 Å². The fourth-order valence-electron chi connectivity index (χ4n) is 7.03. The van der Waals surface area contributed by atoms with Gasteiger partial charge in [-0.05, 0) is 80.0 Å². The second kappa shape index (κ2) is 5.08. The molecule has 7 atom stereocenters. The van der Waals surface area contributed by atoms with Gasteiger partial charge in [-0.15, -0.1) is 0 Å². The second-order valence-corrected chi connectivity index (χ2v) is 9.15. The van der Waals surface area contributed by atoms with E-state index in [1.54, 1.807) is 0 Å². The number of carbonyl (C=O) groups excluding carboxylic acids is 1. The average Bonchev–Trinajstić information content (AvgIpc) is 2.85. The van der Waals surface area contributed by atoms with Gasteiger partial charge in [0.25, 0.3) is 0 Å². The minimum atomic E-state index is -0.826. The van der Waals surface area contributed by atoms with E-state index in [0.717, 1.165) is 51.4 Å². The molecule has 4 aliphatic carbocycles. The summed E-state index contributed by atoms with van der Waals surface area (Å²) >= 11 is 0. The number of carbonyl (C=O) groups is 1. The van der Waals surface area contributed by atoms with Gasteiger partial charge in [0.15, 0.2) is 0 Å². The van der Waals surface area contributed by atoms with Crippen molar-refractivity contribution in [3.63, 3.8) is 0 Å². The van der Waals surface area contributed by atoms with E-state index in [2.05, 4.69) is 19.9 Å². The molecule has 0 amide bonds. The normalized spacial score (nSPS) is 52.1. The van der Waals surface area contributed by atoms with E-state index in [-0.39, 0.29) is 22.9 Å². The number of aliphatic hydroxyl groups is 1. The minimum absolute atomic E-state index is 0.0596. The van der Waals surface area contributed by atoms with Crippen LogP contribution in [-0.2, 0) is 4.79 Å². The van der Waals surface area contributed by atoms with Crippen molar-refractivity contribution in [3.8, 4) is 0 Å². The van der Waals surface area contributed by atoms with E-state index in [1.807, 2.05) is 0 Å². The lowest BCUT2D eigenvalue weighted by Gasteiger charge is -2.58. The zero-order chi connectivity index (χ0) is 16.4. The quantitative estimate of drug-likeness (QED) is 0.756. The molecule has 0 saturated heterocycles. The smallest absolute Gasteiger partial charge is 0.0577 e. The predicted octanol–water partition coefficient (Wildman–Crippen LogP) is 2.68. The maximum absolute atomic E-state index is 11.6. The fraction of sp³-hybridized carbons (Fsp3) is 0.850. The van der Waals surface area contributed by atoms with Gasteiger partial charge in [0.1, 0.15) is 0 Å². The highest BCUT2D eigenvalue weighted by Gasteiger charge is 2.58. The van der Waals surface area contributed by atoms with Crippen LogP contribution in [0.15, 0.2) is 11.6 Å². The maximum atomic E-state index is 11.6. The Labute approximate surface area is 139 Å². The molecule has 0 heterocycles. The van der Waals surface area contributed by atoms with E-state index >= 15 is 0 Å². The van der Waals surface area contributed by atoms with Crippen molar-refractivity contribution in [1.29, 1.82) is 0 Å². The lowest BCUT2D eigenvalue weighted by molar-refractivity contribution is -0.315. The third-order valence-corrected chi connectivity index (χ3v) is 8.36. The van der Waals surface area contributed by atoms with E-state index in [1.165, 1.54) is 5.57 Å². The van der Waals surface area contributed by atoms with Crippen molar-refractivity contribution in [2.75, 3.05) is 0 Å². The molecule has 0 bridgehead atoms. The van der Waals surface area contributed by atoms with Crippen LogP contribution >= 0.6 is 0 Å². The summed E-state index contributed by atoms with van der Waals surface area (Å²) in [6.45, 7) is 4.63. The van der Waals surface area contributed by atoms with Crippen molar-refractivity contribution in [2.24, 2.45) is 34.5 Å². The van der Waals surface area contributed by atoms with E-state index in [0.29, 0.717) is 17.8 Å². The molecule has 0 aromatic carbocycles. The highest BCUT2D eigenvalue weighted by Crippen LogP contribution is 2.66. The highest BCUT2D eigenvalue weighted by molar-refractivity contribution is 5.69. The Hall–Kier alpha value is -0.830. The summed E-state index contributed by atoms with van der Waals surface area (Å²) in [7, 11) is 0. The molecule has 0 spiro atoms. The monoisotopic (exact) mass is 317 g/mol. The van der Waals surface area contributed by atoms with Crippen LogP contribution in [-0.4, -0.2) is 17.2 Å². The molecule has 3 saturated carbocycles. The average molecular weight is 317 g/mol. The number of rotatable bonds is 1. The maximum Gasteiger partial charge on any atom is 0.0577 e. The summed E-state index contributed by atoms with van der Waals surface area (Å²) in [5.74, 6) is 0.758. The Balaban J connectivity index is 1.66. The number of aliphatic carboxylic acids is 1. The van der Waals surface area contributed by atoms with Crippen LogP contribution < -0.4 is 5.11 Å². The zero-order valence-electron chi connectivity index (χ0n) is 14.4. The first-order valence-corrected chi connectivity index (χ1v) is 9.44. The van der Waals surface area contributed by atoms with Crippen molar-refractivity contribution in [3.05, 3.63) is 11.6 Å². The largest absolute Gasteiger partial charge is 0.550 e. The Kier molecular flexibility index (Phi) is 3.46. The third-order valence-electron chi connectivity index (χ3n) is 8.36. The van der Waals surface area contributed by atoms with Gasteiger partial charge in [-0.1, -0.05) is 25.5 Å². The Bertz CT molecular complexity index is 553. The van der Waals surface area contributed by atoms with Gasteiger partial charge in [0.2, 0.25) is 0 Å². The minimum Gasteiger partial charge on any atom is -0.550 e. The molecule has 0 aromatic heterocycles. The summed E-state index contributed by atoms with van der Waals surface area (Å²) < 4.78 is 0. The van der Waals surface area contributed by atoms with Crippen molar-refractivity contribution >= 4 is 5.97 Å². The van der Waals surface area contributed by atoms with Crippen LogP contribution in [0.2, 0.25) is 0 Å². The Morgan fingerprint density at radius 3 is 2.70 bits per heavy atom. The summed E-state index contributed by atoms with van der Waals surface area (Å²) in [6.07, 6.45) is 10.2. The molecule has 3 heteroatoms. The van der Waals surface area contributed by atoms with Gasteiger partial charge in [-0.2, -0.15) is 0 Å². The number of fused-ring (bicyclic) bond motifs is 5. The lowest BCUT2D eigenvalue weighted by atomic mass is 9.47. The molecule has 1 N–H and O–H groups in total. The number of hydrogen-bond donors (Lipinski definition) is 1.